The lowest BCUT2D eigenvalue weighted by Crippen LogP contribution is -2.14. The molecule has 0 spiro atoms. The highest BCUT2D eigenvalue weighted by Gasteiger charge is 2.05. The van der Waals surface area contributed by atoms with Crippen LogP contribution < -0.4 is 10.6 Å². The number of aromatic nitrogens is 3. The van der Waals surface area contributed by atoms with Crippen LogP contribution in [-0.2, 0) is 0 Å². The van der Waals surface area contributed by atoms with Gasteiger partial charge in [0.25, 0.3) is 0 Å². The van der Waals surface area contributed by atoms with Crippen LogP contribution in [0.2, 0.25) is 0 Å². The van der Waals surface area contributed by atoms with E-state index in [4.69, 9.17) is 0 Å². The molecule has 0 aliphatic heterocycles. The first-order valence-corrected chi connectivity index (χ1v) is 7.45. The number of nitrogens with one attached hydrogen (secondary N) is 2. The third-order valence-electron chi connectivity index (χ3n) is 3.57. The first-order valence-electron chi connectivity index (χ1n) is 7.45. The van der Waals surface area contributed by atoms with Gasteiger partial charge < -0.3 is 10.6 Å². The lowest BCUT2D eigenvalue weighted by molar-refractivity contribution is 0.758. The summed E-state index contributed by atoms with van der Waals surface area (Å²) in [6.07, 6.45) is 4.40. The summed E-state index contributed by atoms with van der Waals surface area (Å²) in [7, 11) is 0. The fraction of sp³-hybridized carbons (Fsp3) is 0.235. The van der Waals surface area contributed by atoms with Crippen molar-refractivity contribution in [1.82, 2.24) is 15.0 Å². The Hall–Kier alpha value is -2.69. The van der Waals surface area contributed by atoms with Crippen molar-refractivity contribution < 1.29 is 0 Å². The Balaban J connectivity index is 1.87. The van der Waals surface area contributed by atoms with Gasteiger partial charge in [0.15, 0.2) is 0 Å². The Labute approximate surface area is 129 Å². The first-order chi connectivity index (χ1) is 10.8. The lowest BCUT2D eigenvalue weighted by Gasteiger charge is -2.13. The molecule has 3 aromatic rings. The van der Waals surface area contributed by atoms with Crippen LogP contribution in [0.15, 0.2) is 48.9 Å². The van der Waals surface area contributed by atoms with Crippen LogP contribution in [0.3, 0.4) is 0 Å². The molecule has 5 heteroatoms. The molecule has 0 aliphatic rings. The van der Waals surface area contributed by atoms with Gasteiger partial charge in [-0.2, -0.15) is 0 Å². The van der Waals surface area contributed by atoms with E-state index in [0.29, 0.717) is 6.04 Å². The quantitative estimate of drug-likeness (QED) is 0.745. The molecule has 1 atom stereocenters. The van der Waals surface area contributed by atoms with Gasteiger partial charge in [0.1, 0.15) is 18.0 Å². The number of rotatable bonds is 5. The van der Waals surface area contributed by atoms with Crippen molar-refractivity contribution in [1.29, 1.82) is 0 Å². The highest BCUT2D eigenvalue weighted by atomic mass is 15.1. The van der Waals surface area contributed by atoms with E-state index in [0.717, 1.165) is 34.6 Å². The van der Waals surface area contributed by atoms with E-state index >= 15 is 0 Å². The van der Waals surface area contributed by atoms with Crippen LogP contribution in [0, 0.1) is 0 Å². The molecule has 22 heavy (non-hydrogen) atoms. The van der Waals surface area contributed by atoms with Crippen LogP contribution in [0.1, 0.15) is 20.3 Å². The number of anilines is 3. The van der Waals surface area contributed by atoms with Crippen molar-refractivity contribution in [3.8, 4) is 0 Å². The van der Waals surface area contributed by atoms with Crippen LogP contribution in [0.25, 0.3) is 10.9 Å². The fourth-order valence-corrected chi connectivity index (χ4v) is 2.20. The van der Waals surface area contributed by atoms with Crippen molar-refractivity contribution in [2.24, 2.45) is 0 Å². The molecular formula is C17H19N5. The summed E-state index contributed by atoms with van der Waals surface area (Å²) in [6.45, 7) is 4.27. The summed E-state index contributed by atoms with van der Waals surface area (Å²) in [5, 5.41) is 7.77. The summed E-state index contributed by atoms with van der Waals surface area (Å²) in [6, 6.07) is 12.3. The Kier molecular flexibility index (Phi) is 4.14. The van der Waals surface area contributed by atoms with Crippen molar-refractivity contribution in [3.63, 3.8) is 0 Å². The second kappa shape index (κ2) is 6.39. The summed E-state index contributed by atoms with van der Waals surface area (Å²) >= 11 is 0. The maximum Gasteiger partial charge on any atom is 0.135 e. The predicted octanol–water partition coefficient (Wildman–Crippen LogP) is 3.98. The van der Waals surface area contributed by atoms with Crippen LogP contribution in [0.4, 0.5) is 17.3 Å². The van der Waals surface area contributed by atoms with E-state index in [1.165, 1.54) is 0 Å². The highest BCUT2D eigenvalue weighted by Crippen LogP contribution is 2.24. The molecule has 1 aromatic carbocycles. The average molecular weight is 293 g/mol. The van der Waals surface area contributed by atoms with E-state index in [-0.39, 0.29) is 0 Å². The molecule has 1 unspecified atom stereocenters. The van der Waals surface area contributed by atoms with Gasteiger partial charge in [-0.3, -0.25) is 4.98 Å². The molecule has 0 bridgehead atoms. The molecule has 3 rings (SSSR count). The Morgan fingerprint density at radius 2 is 1.86 bits per heavy atom. The number of hydrogen-bond acceptors (Lipinski definition) is 5. The van der Waals surface area contributed by atoms with Crippen molar-refractivity contribution in [3.05, 3.63) is 48.9 Å². The minimum atomic E-state index is 0.377. The molecule has 112 valence electrons. The summed E-state index contributed by atoms with van der Waals surface area (Å²) in [5.74, 6) is 1.57. The number of pyridine rings is 1. The average Bonchev–Trinajstić information content (AvgIpc) is 2.55. The molecule has 0 aliphatic carbocycles. The van der Waals surface area contributed by atoms with Crippen LogP contribution in [0.5, 0.6) is 0 Å². The summed E-state index contributed by atoms with van der Waals surface area (Å²) < 4.78 is 0. The van der Waals surface area contributed by atoms with E-state index in [1.807, 2.05) is 36.4 Å². The SMILES string of the molecule is CCC(C)Nc1cc(Nc2cccc3cccnc23)ncn1. The summed E-state index contributed by atoms with van der Waals surface area (Å²) in [5.41, 5.74) is 1.87. The maximum atomic E-state index is 4.44. The lowest BCUT2D eigenvalue weighted by atomic mass is 10.2. The van der Waals surface area contributed by atoms with E-state index in [9.17, 15) is 0 Å². The standard InChI is InChI=1S/C17H19N5/c1-3-12(2)21-15-10-16(20-11-19-15)22-14-8-4-6-13-7-5-9-18-17(13)14/h4-12H,3H2,1-2H3,(H2,19,20,21,22). The number of para-hydroxylation sites is 1. The van der Waals surface area contributed by atoms with Crippen LogP contribution in [-0.4, -0.2) is 21.0 Å². The second-order valence-corrected chi connectivity index (χ2v) is 5.25. The Bertz CT molecular complexity index is 766. The van der Waals surface area contributed by atoms with Gasteiger partial charge in [0.2, 0.25) is 0 Å². The smallest absolute Gasteiger partial charge is 0.135 e. The zero-order chi connectivity index (χ0) is 15.4. The third-order valence-corrected chi connectivity index (χ3v) is 3.57. The largest absolute Gasteiger partial charge is 0.367 e. The van der Waals surface area contributed by atoms with Gasteiger partial charge in [0, 0.05) is 23.7 Å². The van der Waals surface area contributed by atoms with Crippen LogP contribution >= 0.6 is 0 Å². The molecule has 0 saturated heterocycles. The van der Waals surface area contributed by atoms with E-state index in [1.54, 1.807) is 12.5 Å². The van der Waals surface area contributed by atoms with Gasteiger partial charge in [0.05, 0.1) is 11.2 Å². The van der Waals surface area contributed by atoms with Gasteiger partial charge in [-0.1, -0.05) is 25.1 Å². The maximum absolute atomic E-state index is 4.44. The minimum Gasteiger partial charge on any atom is -0.367 e. The predicted molar refractivity (Wildman–Crippen MR) is 90.4 cm³/mol. The van der Waals surface area contributed by atoms with Gasteiger partial charge in [-0.05, 0) is 25.5 Å². The zero-order valence-electron chi connectivity index (χ0n) is 12.7. The number of fused-ring (bicyclic) bond motifs is 1. The Morgan fingerprint density at radius 1 is 1.05 bits per heavy atom. The zero-order valence-corrected chi connectivity index (χ0v) is 12.7. The molecule has 2 aromatic heterocycles. The molecule has 0 saturated carbocycles. The fourth-order valence-electron chi connectivity index (χ4n) is 2.20. The first kappa shape index (κ1) is 14.3. The summed E-state index contributed by atoms with van der Waals surface area (Å²) in [4.78, 5) is 13.0. The van der Waals surface area contributed by atoms with Crippen molar-refractivity contribution in [2.75, 3.05) is 10.6 Å². The second-order valence-electron chi connectivity index (χ2n) is 5.25. The topological polar surface area (TPSA) is 62.7 Å². The molecule has 5 nitrogen and oxygen atoms in total. The molecular weight excluding hydrogens is 274 g/mol. The van der Waals surface area contributed by atoms with Gasteiger partial charge in [-0.25, -0.2) is 9.97 Å². The molecule has 0 fully saturated rings. The van der Waals surface area contributed by atoms with Gasteiger partial charge >= 0.3 is 0 Å². The van der Waals surface area contributed by atoms with E-state index in [2.05, 4.69) is 39.4 Å². The third kappa shape index (κ3) is 3.14. The monoisotopic (exact) mass is 293 g/mol. The number of hydrogen-bond donors (Lipinski definition) is 2. The molecule has 2 heterocycles. The number of nitrogens with zero attached hydrogens (tertiary/aromatic N) is 3. The minimum absolute atomic E-state index is 0.377. The van der Waals surface area contributed by atoms with Gasteiger partial charge in [-0.15, -0.1) is 0 Å². The molecule has 0 amide bonds. The van der Waals surface area contributed by atoms with E-state index < -0.39 is 0 Å². The normalized spacial score (nSPS) is 12.1. The highest BCUT2D eigenvalue weighted by molar-refractivity contribution is 5.91. The molecule has 0 radical (unpaired) electrons. The Morgan fingerprint density at radius 3 is 2.73 bits per heavy atom. The number of benzene rings is 1. The molecule has 2 N–H and O–H groups in total. The van der Waals surface area contributed by atoms with Crippen molar-refractivity contribution in [2.45, 2.75) is 26.3 Å². The van der Waals surface area contributed by atoms with Crippen molar-refractivity contribution >= 4 is 28.2 Å².